The van der Waals surface area contributed by atoms with Crippen LogP contribution >= 0.6 is 11.3 Å². The number of nitrogens with zero attached hydrogens (tertiary/aromatic N) is 1. The molecule has 0 radical (unpaired) electrons. The van der Waals surface area contributed by atoms with E-state index in [1.165, 1.54) is 30.6 Å². The average molecular weight is 356 g/mol. The molecule has 7 heteroatoms. The molecule has 1 amide bonds. The number of aromatic nitrogens is 1. The number of aromatic hydroxyl groups is 1. The van der Waals surface area contributed by atoms with Crippen LogP contribution in [-0.4, -0.2) is 30.2 Å². The Hall–Kier alpha value is -3.06. The minimum atomic E-state index is -0.461. The third-order valence-corrected chi connectivity index (χ3v) is 4.31. The quantitative estimate of drug-likeness (QED) is 0.727. The van der Waals surface area contributed by atoms with Crippen molar-refractivity contribution in [3.05, 3.63) is 53.4 Å². The predicted octanol–water partition coefficient (Wildman–Crippen LogP) is 3.79. The number of carbonyl (C=O) groups excluding carboxylic acids is 1. The van der Waals surface area contributed by atoms with E-state index >= 15 is 0 Å². The molecule has 0 spiro atoms. The van der Waals surface area contributed by atoms with Crippen molar-refractivity contribution < 1.29 is 19.4 Å². The van der Waals surface area contributed by atoms with Gasteiger partial charge in [0.15, 0.2) is 5.13 Å². The Morgan fingerprint density at radius 3 is 2.72 bits per heavy atom. The summed E-state index contributed by atoms with van der Waals surface area (Å²) in [6.45, 7) is 0. The lowest BCUT2D eigenvalue weighted by Crippen LogP contribution is -2.12. The highest BCUT2D eigenvalue weighted by atomic mass is 32.1. The van der Waals surface area contributed by atoms with E-state index in [1.54, 1.807) is 13.2 Å². The zero-order chi connectivity index (χ0) is 17.8. The molecule has 0 fully saturated rings. The number of nitrogens with one attached hydrogen (secondary N) is 1. The second-order valence-corrected chi connectivity index (χ2v) is 5.93. The summed E-state index contributed by atoms with van der Waals surface area (Å²) in [5.41, 5.74) is 1.66. The summed E-state index contributed by atoms with van der Waals surface area (Å²) in [6, 6.07) is 12.0. The maximum atomic E-state index is 12.4. The van der Waals surface area contributed by atoms with Crippen molar-refractivity contribution in [3.8, 4) is 28.5 Å². The summed E-state index contributed by atoms with van der Waals surface area (Å²) >= 11 is 1.29. The molecule has 6 nitrogen and oxygen atoms in total. The van der Waals surface area contributed by atoms with Gasteiger partial charge in [-0.15, -0.1) is 11.3 Å². The maximum Gasteiger partial charge on any atom is 0.261 e. The summed E-state index contributed by atoms with van der Waals surface area (Å²) in [5.74, 6) is 0.602. The molecule has 0 aliphatic carbocycles. The molecule has 0 aliphatic heterocycles. The number of carbonyl (C=O) groups is 1. The van der Waals surface area contributed by atoms with Crippen LogP contribution in [0.1, 0.15) is 10.4 Å². The number of para-hydroxylation sites is 1. The number of thiazole rings is 1. The Kier molecular flexibility index (Phi) is 4.85. The van der Waals surface area contributed by atoms with Crippen molar-refractivity contribution in [2.45, 2.75) is 0 Å². The summed E-state index contributed by atoms with van der Waals surface area (Å²) in [5, 5.41) is 14.8. The van der Waals surface area contributed by atoms with Crippen LogP contribution in [0, 0.1) is 0 Å². The molecular formula is C18H16N2O4S. The van der Waals surface area contributed by atoms with Gasteiger partial charge in [-0.05, 0) is 30.3 Å². The van der Waals surface area contributed by atoms with E-state index in [-0.39, 0.29) is 11.3 Å². The van der Waals surface area contributed by atoms with E-state index in [0.29, 0.717) is 22.3 Å². The predicted molar refractivity (Wildman–Crippen MR) is 96.7 cm³/mol. The van der Waals surface area contributed by atoms with Crippen molar-refractivity contribution >= 4 is 22.4 Å². The molecule has 3 rings (SSSR count). The number of ether oxygens (including phenoxy) is 2. The highest BCUT2D eigenvalue weighted by molar-refractivity contribution is 7.14. The fourth-order valence-electron chi connectivity index (χ4n) is 2.30. The molecule has 0 unspecified atom stereocenters. The van der Waals surface area contributed by atoms with Gasteiger partial charge in [0, 0.05) is 10.9 Å². The van der Waals surface area contributed by atoms with Gasteiger partial charge < -0.3 is 14.6 Å². The van der Waals surface area contributed by atoms with E-state index in [1.807, 2.05) is 29.6 Å². The van der Waals surface area contributed by atoms with E-state index < -0.39 is 5.91 Å². The largest absolute Gasteiger partial charge is 0.507 e. The molecule has 0 atom stereocenters. The minimum Gasteiger partial charge on any atom is -0.507 e. The number of anilines is 1. The summed E-state index contributed by atoms with van der Waals surface area (Å²) in [4.78, 5) is 16.8. The van der Waals surface area contributed by atoms with Crippen molar-refractivity contribution in [2.75, 3.05) is 19.5 Å². The first kappa shape index (κ1) is 16.8. The van der Waals surface area contributed by atoms with Gasteiger partial charge in [-0.2, -0.15) is 0 Å². The highest BCUT2D eigenvalue weighted by Gasteiger charge is 2.15. The number of phenolic OH excluding ortho intramolecular Hbond substituents is 1. The fraction of sp³-hybridized carbons (Fsp3) is 0.111. The van der Waals surface area contributed by atoms with Gasteiger partial charge >= 0.3 is 0 Å². The van der Waals surface area contributed by atoms with Crippen LogP contribution in [0.25, 0.3) is 11.3 Å². The minimum absolute atomic E-state index is 0.119. The van der Waals surface area contributed by atoms with Gasteiger partial charge in [-0.1, -0.05) is 12.1 Å². The summed E-state index contributed by atoms with van der Waals surface area (Å²) in [7, 11) is 3.09. The molecule has 3 aromatic rings. The summed E-state index contributed by atoms with van der Waals surface area (Å²) < 4.78 is 10.4. The van der Waals surface area contributed by atoms with Gasteiger partial charge in [0.25, 0.3) is 5.91 Å². The lowest BCUT2D eigenvalue weighted by molar-refractivity contribution is 0.102. The zero-order valence-corrected chi connectivity index (χ0v) is 14.5. The van der Waals surface area contributed by atoms with Crippen molar-refractivity contribution in [2.24, 2.45) is 0 Å². The van der Waals surface area contributed by atoms with Crippen LogP contribution in [0.3, 0.4) is 0 Å². The van der Waals surface area contributed by atoms with E-state index in [4.69, 9.17) is 9.47 Å². The lowest BCUT2D eigenvalue weighted by Gasteiger charge is -2.07. The average Bonchev–Trinajstić information content (AvgIpc) is 3.10. The number of hydrogen-bond acceptors (Lipinski definition) is 6. The first-order valence-electron chi connectivity index (χ1n) is 7.39. The number of rotatable bonds is 5. The molecule has 128 valence electrons. The molecule has 1 heterocycles. The van der Waals surface area contributed by atoms with E-state index in [0.717, 1.165) is 5.56 Å². The first-order chi connectivity index (χ1) is 12.1. The number of methoxy groups -OCH3 is 2. The highest BCUT2D eigenvalue weighted by Crippen LogP contribution is 2.32. The molecule has 0 saturated carbocycles. The van der Waals surface area contributed by atoms with Crippen LogP contribution in [0.2, 0.25) is 0 Å². The monoisotopic (exact) mass is 356 g/mol. The maximum absolute atomic E-state index is 12.4. The third kappa shape index (κ3) is 3.56. The molecule has 0 saturated heterocycles. The van der Waals surface area contributed by atoms with Crippen LogP contribution in [0.4, 0.5) is 5.13 Å². The molecule has 2 N–H and O–H groups in total. The molecular weight excluding hydrogens is 340 g/mol. The van der Waals surface area contributed by atoms with Gasteiger partial charge in [-0.25, -0.2) is 4.98 Å². The fourth-order valence-corrected chi connectivity index (χ4v) is 3.01. The summed E-state index contributed by atoms with van der Waals surface area (Å²) in [6.07, 6.45) is 0. The van der Waals surface area contributed by atoms with Crippen LogP contribution in [0.5, 0.6) is 17.2 Å². The van der Waals surface area contributed by atoms with Crippen molar-refractivity contribution in [3.63, 3.8) is 0 Å². The number of amides is 1. The zero-order valence-electron chi connectivity index (χ0n) is 13.6. The second-order valence-electron chi connectivity index (χ2n) is 5.08. The molecule has 0 bridgehead atoms. The third-order valence-electron chi connectivity index (χ3n) is 3.56. The smallest absolute Gasteiger partial charge is 0.261 e. The lowest BCUT2D eigenvalue weighted by atomic mass is 10.1. The van der Waals surface area contributed by atoms with Crippen LogP contribution in [0.15, 0.2) is 47.8 Å². The number of hydrogen-bond donors (Lipinski definition) is 2. The first-order valence-corrected chi connectivity index (χ1v) is 8.27. The second kappa shape index (κ2) is 7.23. The van der Waals surface area contributed by atoms with Crippen LogP contribution < -0.4 is 14.8 Å². The van der Waals surface area contributed by atoms with Gasteiger partial charge in [-0.3, -0.25) is 10.1 Å². The molecule has 2 aromatic carbocycles. The normalized spacial score (nSPS) is 10.3. The Bertz CT molecular complexity index is 908. The molecule has 1 aromatic heterocycles. The van der Waals surface area contributed by atoms with Gasteiger partial charge in [0.05, 0.1) is 25.5 Å². The van der Waals surface area contributed by atoms with Crippen molar-refractivity contribution in [1.82, 2.24) is 4.98 Å². The Balaban J connectivity index is 1.83. The standard InChI is InChI=1S/C18H16N2O4S/c1-23-11-7-8-15(21)13(9-11)17(22)20-18-19-14(10-25-18)12-5-3-4-6-16(12)24-2/h3-10,21H,1-2H3,(H,19,20,22). The Morgan fingerprint density at radius 2 is 1.96 bits per heavy atom. The van der Waals surface area contributed by atoms with Crippen LogP contribution in [-0.2, 0) is 0 Å². The molecule has 0 aliphatic rings. The SMILES string of the molecule is COc1ccc(O)c(C(=O)Nc2nc(-c3ccccc3OC)cs2)c1. The molecule has 25 heavy (non-hydrogen) atoms. The Labute approximate surface area is 148 Å². The van der Waals surface area contributed by atoms with E-state index in [9.17, 15) is 9.90 Å². The van der Waals surface area contributed by atoms with Gasteiger partial charge in [0.2, 0.25) is 0 Å². The number of benzene rings is 2. The topological polar surface area (TPSA) is 80.7 Å². The number of phenols is 1. The van der Waals surface area contributed by atoms with Crippen molar-refractivity contribution in [1.29, 1.82) is 0 Å². The van der Waals surface area contributed by atoms with Gasteiger partial charge in [0.1, 0.15) is 17.2 Å². The van der Waals surface area contributed by atoms with E-state index in [2.05, 4.69) is 10.3 Å². The Morgan fingerprint density at radius 1 is 1.16 bits per heavy atom.